The summed E-state index contributed by atoms with van der Waals surface area (Å²) in [5.41, 5.74) is 0.691. The van der Waals surface area contributed by atoms with Gasteiger partial charge in [0.1, 0.15) is 11.6 Å². The van der Waals surface area contributed by atoms with Gasteiger partial charge < -0.3 is 5.32 Å². The molecule has 106 valence electrons. The summed E-state index contributed by atoms with van der Waals surface area (Å²) in [4.78, 5) is 0. The standard InChI is InChI=1S/C16H23F2N/c1-11(2)19-10-12-5-3-4-6-14(12)15-8-7-13(17)9-16(15)18/h7-9,11-12,14,19H,3-6,10H2,1-2H3. The van der Waals surface area contributed by atoms with Crippen LogP contribution < -0.4 is 5.32 Å². The van der Waals surface area contributed by atoms with Gasteiger partial charge in [0.15, 0.2) is 0 Å². The molecule has 1 aliphatic carbocycles. The van der Waals surface area contributed by atoms with E-state index in [0.29, 0.717) is 17.5 Å². The average molecular weight is 267 g/mol. The summed E-state index contributed by atoms with van der Waals surface area (Å²) in [6, 6.07) is 4.46. The monoisotopic (exact) mass is 267 g/mol. The zero-order valence-electron chi connectivity index (χ0n) is 11.8. The second-order valence-electron chi connectivity index (χ2n) is 5.88. The van der Waals surface area contributed by atoms with Gasteiger partial charge in [-0.25, -0.2) is 8.78 Å². The van der Waals surface area contributed by atoms with Crippen molar-refractivity contribution < 1.29 is 8.78 Å². The van der Waals surface area contributed by atoms with Crippen molar-refractivity contribution in [1.82, 2.24) is 5.32 Å². The van der Waals surface area contributed by atoms with Gasteiger partial charge in [-0.2, -0.15) is 0 Å². The van der Waals surface area contributed by atoms with Gasteiger partial charge in [-0.3, -0.25) is 0 Å². The summed E-state index contributed by atoms with van der Waals surface area (Å²) in [5.74, 6) is -0.202. The fourth-order valence-electron chi connectivity index (χ4n) is 3.05. The number of benzene rings is 1. The molecule has 1 saturated carbocycles. The smallest absolute Gasteiger partial charge is 0.129 e. The fourth-order valence-corrected chi connectivity index (χ4v) is 3.05. The van der Waals surface area contributed by atoms with Crippen LogP contribution in [0.15, 0.2) is 18.2 Å². The van der Waals surface area contributed by atoms with E-state index in [1.165, 1.54) is 12.5 Å². The third-order valence-corrected chi connectivity index (χ3v) is 4.06. The molecular weight excluding hydrogens is 244 g/mol. The van der Waals surface area contributed by atoms with Gasteiger partial charge in [-0.05, 0) is 42.9 Å². The third kappa shape index (κ3) is 3.75. The van der Waals surface area contributed by atoms with Gasteiger partial charge in [0.2, 0.25) is 0 Å². The Balaban J connectivity index is 2.14. The Morgan fingerprint density at radius 2 is 1.95 bits per heavy atom. The Bertz CT molecular complexity index is 417. The first kappa shape index (κ1) is 14.4. The lowest BCUT2D eigenvalue weighted by Crippen LogP contribution is -2.33. The van der Waals surface area contributed by atoms with Crippen LogP contribution >= 0.6 is 0 Å². The highest BCUT2D eigenvalue weighted by Crippen LogP contribution is 2.38. The molecule has 0 spiro atoms. The summed E-state index contributed by atoms with van der Waals surface area (Å²) in [6.45, 7) is 5.16. The zero-order valence-corrected chi connectivity index (χ0v) is 11.8. The quantitative estimate of drug-likeness (QED) is 0.860. The minimum atomic E-state index is -0.492. The Kier molecular flexibility index (Phi) is 4.92. The Hall–Kier alpha value is -0.960. The van der Waals surface area contributed by atoms with E-state index >= 15 is 0 Å². The summed E-state index contributed by atoms with van der Waals surface area (Å²) in [5, 5.41) is 3.45. The van der Waals surface area contributed by atoms with Crippen LogP contribution in [0.3, 0.4) is 0 Å². The number of rotatable bonds is 4. The van der Waals surface area contributed by atoms with Crippen LogP contribution in [-0.4, -0.2) is 12.6 Å². The van der Waals surface area contributed by atoms with E-state index in [9.17, 15) is 8.78 Å². The number of hydrogen-bond acceptors (Lipinski definition) is 1. The second kappa shape index (κ2) is 6.47. The highest BCUT2D eigenvalue weighted by molar-refractivity contribution is 5.24. The van der Waals surface area contributed by atoms with E-state index < -0.39 is 5.82 Å². The summed E-state index contributed by atoms with van der Waals surface area (Å²) in [7, 11) is 0. The SMILES string of the molecule is CC(C)NCC1CCCCC1c1ccc(F)cc1F. The van der Waals surface area contributed by atoms with Crippen LogP contribution in [0, 0.1) is 17.6 Å². The molecule has 1 aliphatic rings. The van der Waals surface area contributed by atoms with Crippen molar-refractivity contribution in [3.63, 3.8) is 0 Å². The molecule has 0 heterocycles. The first-order valence-electron chi connectivity index (χ1n) is 7.26. The van der Waals surface area contributed by atoms with Gasteiger partial charge in [-0.1, -0.05) is 32.8 Å². The number of nitrogens with one attached hydrogen (secondary N) is 1. The molecule has 2 atom stereocenters. The van der Waals surface area contributed by atoms with Crippen molar-refractivity contribution in [2.45, 2.75) is 51.5 Å². The molecule has 0 amide bonds. The van der Waals surface area contributed by atoms with Crippen LogP contribution in [0.4, 0.5) is 8.78 Å². The molecule has 1 aromatic carbocycles. The van der Waals surface area contributed by atoms with Crippen molar-refractivity contribution in [3.05, 3.63) is 35.4 Å². The lowest BCUT2D eigenvalue weighted by atomic mass is 9.75. The maximum absolute atomic E-state index is 13.9. The van der Waals surface area contributed by atoms with E-state index in [1.807, 2.05) is 0 Å². The second-order valence-corrected chi connectivity index (χ2v) is 5.88. The van der Waals surface area contributed by atoms with Gasteiger partial charge in [-0.15, -0.1) is 0 Å². The summed E-state index contributed by atoms with van der Waals surface area (Å²) < 4.78 is 27.0. The van der Waals surface area contributed by atoms with Crippen molar-refractivity contribution in [2.24, 2.45) is 5.92 Å². The summed E-state index contributed by atoms with van der Waals surface area (Å²) >= 11 is 0. The van der Waals surface area contributed by atoms with Gasteiger partial charge in [0.25, 0.3) is 0 Å². The first-order chi connectivity index (χ1) is 9.08. The molecular formula is C16H23F2N. The molecule has 1 aromatic rings. The highest BCUT2D eigenvalue weighted by Gasteiger charge is 2.28. The topological polar surface area (TPSA) is 12.0 Å². The first-order valence-corrected chi connectivity index (χ1v) is 7.26. The molecule has 0 radical (unpaired) electrons. The number of halogens is 2. The molecule has 3 heteroatoms. The lowest BCUT2D eigenvalue weighted by molar-refractivity contribution is 0.284. The fraction of sp³-hybridized carbons (Fsp3) is 0.625. The minimum absolute atomic E-state index is 0.223. The third-order valence-electron chi connectivity index (χ3n) is 4.06. The highest BCUT2D eigenvalue weighted by atomic mass is 19.1. The van der Waals surface area contributed by atoms with Gasteiger partial charge in [0, 0.05) is 12.1 Å². The molecule has 2 unspecified atom stereocenters. The largest absolute Gasteiger partial charge is 0.314 e. The van der Waals surface area contributed by atoms with E-state index in [1.54, 1.807) is 6.07 Å². The Morgan fingerprint density at radius 1 is 1.21 bits per heavy atom. The van der Waals surface area contributed by atoms with Crippen LogP contribution in [0.25, 0.3) is 0 Å². The Morgan fingerprint density at radius 3 is 2.63 bits per heavy atom. The van der Waals surface area contributed by atoms with Crippen LogP contribution in [0.1, 0.15) is 51.0 Å². The van der Waals surface area contributed by atoms with Crippen molar-refractivity contribution >= 4 is 0 Å². The van der Waals surface area contributed by atoms with E-state index in [2.05, 4.69) is 19.2 Å². The molecule has 0 bridgehead atoms. The molecule has 19 heavy (non-hydrogen) atoms. The van der Waals surface area contributed by atoms with Gasteiger partial charge in [0.05, 0.1) is 0 Å². The molecule has 2 rings (SSSR count). The normalized spacial score (nSPS) is 23.8. The van der Waals surface area contributed by atoms with Crippen LogP contribution in [0.5, 0.6) is 0 Å². The van der Waals surface area contributed by atoms with Crippen LogP contribution in [0.2, 0.25) is 0 Å². The molecule has 1 nitrogen and oxygen atoms in total. The molecule has 0 aromatic heterocycles. The van der Waals surface area contributed by atoms with Crippen molar-refractivity contribution in [1.29, 1.82) is 0 Å². The molecule has 1 fully saturated rings. The molecule has 0 aliphatic heterocycles. The van der Waals surface area contributed by atoms with Crippen molar-refractivity contribution in [3.8, 4) is 0 Å². The molecule has 0 saturated heterocycles. The van der Waals surface area contributed by atoms with Gasteiger partial charge >= 0.3 is 0 Å². The summed E-state index contributed by atoms with van der Waals surface area (Å²) in [6.07, 6.45) is 4.48. The predicted molar refractivity (Wildman–Crippen MR) is 74.2 cm³/mol. The van der Waals surface area contributed by atoms with Crippen molar-refractivity contribution in [2.75, 3.05) is 6.54 Å². The van der Waals surface area contributed by atoms with E-state index in [-0.39, 0.29) is 11.7 Å². The van der Waals surface area contributed by atoms with Crippen LogP contribution in [-0.2, 0) is 0 Å². The van der Waals surface area contributed by atoms with E-state index in [0.717, 1.165) is 31.9 Å². The minimum Gasteiger partial charge on any atom is -0.314 e. The lowest BCUT2D eigenvalue weighted by Gasteiger charge is -2.33. The predicted octanol–water partition coefficient (Wildman–Crippen LogP) is 4.24. The molecule has 1 N–H and O–H groups in total. The maximum atomic E-state index is 13.9. The maximum Gasteiger partial charge on any atom is 0.129 e. The average Bonchev–Trinajstić information content (AvgIpc) is 2.37. The Labute approximate surface area is 114 Å². The zero-order chi connectivity index (χ0) is 13.8. The van der Waals surface area contributed by atoms with E-state index in [4.69, 9.17) is 0 Å². The number of hydrogen-bond donors (Lipinski definition) is 1.